The van der Waals surface area contributed by atoms with Crippen LogP contribution >= 0.6 is 45.2 Å². The fraction of sp³-hybridized carbons (Fsp3) is 0.130. The quantitative estimate of drug-likeness (QED) is 0.207. The van der Waals surface area contributed by atoms with Gasteiger partial charge in [0.15, 0.2) is 0 Å². The molecule has 208 valence electrons. The number of halogens is 12. The van der Waals surface area contributed by atoms with Crippen LogP contribution in [0.1, 0.15) is 26.3 Å². The second-order valence-corrected chi connectivity index (χ2v) is 10.1. The molecule has 0 saturated heterocycles. The molecule has 16 heteroatoms. The summed E-state index contributed by atoms with van der Waals surface area (Å²) in [5.74, 6) is -6.95. The third kappa shape index (κ3) is 5.53. The van der Waals surface area contributed by atoms with Crippen molar-refractivity contribution in [2.24, 2.45) is 5.73 Å². The summed E-state index contributed by atoms with van der Waals surface area (Å²) < 4.78 is 136. The van der Waals surface area contributed by atoms with Crippen molar-refractivity contribution in [1.29, 1.82) is 0 Å². The van der Waals surface area contributed by atoms with Crippen LogP contribution in [0.2, 0.25) is 0 Å². The van der Waals surface area contributed by atoms with E-state index >= 15 is 4.39 Å². The SMILES string of the molecule is NC(=O)c1c(F)ccc(-c2cccc(C(=O)Nc3c(I)cc(C(F)(C(F)(F)F)C(F)(F)F)cc3I)c2F)c1F. The van der Waals surface area contributed by atoms with Crippen LogP contribution in [0.15, 0.2) is 42.5 Å². The van der Waals surface area contributed by atoms with Crippen LogP contribution in [-0.4, -0.2) is 24.2 Å². The Morgan fingerprint density at radius 3 is 1.77 bits per heavy atom. The molecular weight excluding hydrogens is 780 g/mol. The van der Waals surface area contributed by atoms with Crippen LogP contribution in [-0.2, 0) is 5.67 Å². The monoisotopic (exact) mass is 790 g/mol. The van der Waals surface area contributed by atoms with Gasteiger partial charge in [-0.15, -0.1) is 0 Å². The third-order valence-corrected chi connectivity index (χ3v) is 7.03. The molecule has 3 aromatic carbocycles. The zero-order chi connectivity index (χ0) is 29.7. The first-order chi connectivity index (χ1) is 17.8. The molecule has 0 aliphatic heterocycles. The van der Waals surface area contributed by atoms with Crippen molar-refractivity contribution < 1.29 is 53.5 Å². The predicted molar refractivity (Wildman–Crippen MR) is 135 cm³/mol. The van der Waals surface area contributed by atoms with Gasteiger partial charge in [0, 0.05) is 23.8 Å². The van der Waals surface area contributed by atoms with Gasteiger partial charge in [0.05, 0.1) is 11.3 Å². The van der Waals surface area contributed by atoms with Crippen LogP contribution in [0.4, 0.5) is 49.6 Å². The first-order valence-corrected chi connectivity index (χ1v) is 12.2. The van der Waals surface area contributed by atoms with Crippen molar-refractivity contribution in [2.75, 3.05) is 5.32 Å². The van der Waals surface area contributed by atoms with Crippen LogP contribution in [0.5, 0.6) is 0 Å². The maximum absolute atomic E-state index is 15.3. The topological polar surface area (TPSA) is 72.2 Å². The van der Waals surface area contributed by atoms with Crippen LogP contribution in [0.25, 0.3) is 11.1 Å². The summed E-state index contributed by atoms with van der Waals surface area (Å²) in [7, 11) is 0. The minimum Gasteiger partial charge on any atom is -0.365 e. The predicted octanol–water partition coefficient (Wildman–Crippen LogP) is 7.62. The standard InChI is InChI=1S/C23H10F10I2N2O2/c24-12-5-4-10(17(26)15(12)19(36)38)9-2-1-3-11(16(9)25)20(39)37-18-13(34)6-8(7-14(18)35)21(27,22(28,29)30)23(31,32)33/h1-7H,(H2,36,38)(H,37,39). The van der Waals surface area contributed by atoms with Gasteiger partial charge < -0.3 is 11.1 Å². The highest BCUT2D eigenvalue weighted by Gasteiger charge is 2.73. The Morgan fingerprint density at radius 1 is 0.769 bits per heavy atom. The van der Waals surface area contributed by atoms with Gasteiger partial charge in [0.2, 0.25) is 0 Å². The Morgan fingerprint density at radius 2 is 1.28 bits per heavy atom. The lowest BCUT2D eigenvalue weighted by molar-refractivity contribution is -0.348. The Hall–Kier alpha value is -2.64. The molecule has 0 aliphatic carbocycles. The highest BCUT2D eigenvalue weighted by atomic mass is 127. The molecule has 3 rings (SSSR count). The van der Waals surface area contributed by atoms with E-state index in [0.717, 1.165) is 24.3 Å². The van der Waals surface area contributed by atoms with E-state index < -0.39 is 82.2 Å². The lowest BCUT2D eigenvalue weighted by Crippen LogP contribution is -2.50. The molecule has 3 aromatic rings. The number of nitrogens with two attached hydrogens (primary N) is 1. The summed E-state index contributed by atoms with van der Waals surface area (Å²) in [5.41, 5.74) is -6.08. The molecule has 39 heavy (non-hydrogen) atoms. The normalized spacial score (nSPS) is 12.4. The summed E-state index contributed by atoms with van der Waals surface area (Å²) in [6.07, 6.45) is -12.7. The summed E-state index contributed by atoms with van der Waals surface area (Å²) in [5, 5.41) is 2.12. The second-order valence-electron chi connectivity index (χ2n) is 7.74. The van der Waals surface area contributed by atoms with Crippen molar-refractivity contribution in [2.45, 2.75) is 18.0 Å². The zero-order valence-electron chi connectivity index (χ0n) is 18.5. The van der Waals surface area contributed by atoms with E-state index in [9.17, 15) is 49.1 Å². The molecule has 0 atom stereocenters. The van der Waals surface area contributed by atoms with Crippen LogP contribution < -0.4 is 11.1 Å². The maximum Gasteiger partial charge on any atom is 0.435 e. The van der Waals surface area contributed by atoms with E-state index in [0.29, 0.717) is 6.07 Å². The number of anilines is 1. The number of carbonyl (C=O) groups excluding carboxylic acids is 2. The Kier molecular flexibility index (Phi) is 8.50. The molecule has 0 aromatic heterocycles. The van der Waals surface area contributed by atoms with Gasteiger partial charge in [-0.3, -0.25) is 9.59 Å². The van der Waals surface area contributed by atoms with Gasteiger partial charge in [-0.1, -0.05) is 12.1 Å². The lowest BCUT2D eigenvalue weighted by atomic mass is 9.94. The van der Waals surface area contributed by atoms with Crippen LogP contribution in [0, 0.1) is 24.6 Å². The second kappa shape index (κ2) is 10.7. The number of alkyl halides is 7. The molecule has 0 unspecified atom stereocenters. The number of nitrogens with one attached hydrogen (secondary N) is 1. The largest absolute Gasteiger partial charge is 0.435 e. The van der Waals surface area contributed by atoms with Crippen LogP contribution in [0.3, 0.4) is 0 Å². The molecule has 0 radical (unpaired) electrons. The molecule has 0 aliphatic rings. The van der Waals surface area contributed by atoms with E-state index in [1.807, 2.05) is 0 Å². The van der Waals surface area contributed by atoms with Crippen molar-refractivity contribution in [3.05, 3.63) is 83.7 Å². The number of rotatable bonds is 5. The zero-order valence-corrected chi connectivity index (χ0v) is 22.8. The summed E-state index contributed by atoms with van der Waals surface area (Å²) in [6.45, 7) is 0. The molecular formula is C23H10F10I2N2O2. The smallest absolute Gasteiger partial charge is 0.365 e. The van der Waals surface area contributed by atoms with Gasteiger partial charge >= 0.3 is 18.0 Å². The van der Waals surface area contributed by atoms with Gasteiger partial charge in [-0.2, -0.15) is 26.3 Å². The van der Waals surface area contributed by atoms with E-state index in [1.165, 1.54) is 45.2 Å². The van der Waals surface area contributed by atoms with Crippen molar-refractivity contribution in [3.8, 4) is 11.1 Å². The Bertz CT molecular complexity index is 1450. The first-order valence-electron chi connectivity index (χ1n) is 10.0. The molecule has 0 saturated carbocycles. The molecule has 0 bridgehead atoms. The van der Waals surface area contributed by atoms with E-state index in [1.54, 1.807) is 0 Å². The molecule has 0 heterocycles. The average molecular weight is 790 g/mol. The number of amides is 2. The first kappa shape index (κ1) is 30.9. The fourth-order valence-electron chi connectivity index (χ4n) is 3.46. The fourth-order valence-corrected chi connectivity index (χ4v) is 5.50. The highest BCUT2D eigenvalue weighted by Crippen LogP contribution is 2.54. The van der Waals surface area contributed by atoms with Gasteiger partial charge in [0.25, 0.3) is 11.8 Å². The number of hydrogen-bond acceptors (Lipinski definition) is 2. The molecule has 0 fully saturated rings. The number of primary amides is 1. The molecule has 3 N–H and O–H groups in total. The minimum atomic E-state index is -6.37. The molecule has 4 nitrogen and oxygen atoms in total. The Balaban J connectivity index is 2.05. The van der Waals surface area contributed by atoms with Crippen molar-refractivity contribution >= 4 is 62.7 Å². The maximum atomic E-state index is 15.3. The lowest BCUT2D eigenvalue weighted by Gasteiger charge is -2.31. The number of carbonyl (C=O) groups is 2. The summed E-state index contributed by atoms with van der Waals surface area (Å²) >= 11 is 2.52. The Labute approximate surface area is 239 Å². The van der Waals surface area contributed by atoms with Gasteiger partial charge in [-0.25, -0.2) is 17.6 Å². The molecule has 0 spiro atoms. The minimum absolute atomic E-state index is 0.228. The van der Waals surface area contributed by atoms with Crippen molar-refractivity contribution in [1.82, 2.24) is 0 Å². The van der Waals surface area contributed by atoms with Gasteiger partial charge in [0.1, 0.15) is 23.0 Å². The molecule has 2 amide bonds. The van der Waals surface area contributed by atoms with E-state index in [4.69, 9.17) is 5.73 Å². The summed E-state index contributed by atoms with van der Waals surface area (Å²) in [4.78, 5) is 24.2. The average Bonchev–Trinajstić information content (AvgIpc) is 2.79. The van der Waals surface area contributed by atoms with E-state index in [2.05, 4.69) is 5.32 Å². The number of hydrogen-bond donors (Lipinski definition) is 2. The number of benzene rings is 3. The van der Waals surface area contributed by atoms with Crippen molar-refractivity contribution in [3.63, 3.8) is 0 Å². The third-order valence-electron chi connectivity index (χ3n) is 5.33. The summed E-state index contributed by atoms with van der Waals surface area (Å²) in [6, 6.07) is 4.87. The van der Waals surface area contributed by atoms with Gasteiger partial charge in [-0.05, 0) is 75.5 Å². The van der Waals surface area contributed by atoms with E-state index in [-0.39, 0.29) is 17.8 Å². The highest BCUT2D eigenvalue weighted by molar-refractivity contribution is 14.1.